The number of hydrogen-bond donors (Lipinski definition) is 1. The maximum absolute atomic E-state index is 11.8. The molecule has 2 rings (SSSR count). The van der Waals surface area contributed by atoms with Crippen molar-refractivity contribution in [1.82, 2.24) is 3.96 Å². The number of aliphatic hydroxyl groups is 1. The molecule has 0 aliphatic carbocycles. The zero-order valence-electron chi connectivity index (χ0n) is 8.21. The number of benzene rings is 1. The van der Waals surface area contributed by atoms with Crippen LogP contribution in [-0.2, 0) is 11.3 Å². The van der Waals surface area contributed by atoms with Gasteiger partial charge in [0.05, 0.1) is 16.6 Å². The van der Waals surface area contributed by atoms with Crippen molar-refractivity contribution in [3.8, 4) is 0 Å². The Morgan fingerprint density at radius 1 is 1.53 bits per heavy atom. The minimum Gasteiger partial charge on any atom is -0.366 e. The average Bonchev–Trinajstić information content (AvgIpc) is 2.57. The van der Waals surface area contributed by atoms with Crippen LogP contribution in [0.2, 0.25) is 0 Å². The van der Waals surface area contributed by atoms with Crippen LogP contribution in [0.4, 0.5) is 0 Å². The molecular formula is C10H11NO3S. The molecule has 0 saturated carbocycles. The molecule has 1 heterocycles. The van der Waals surface area contributed by atoms with E-state index in [1.54, 1.807) is 6.07 Å². The van der Waals surface area contributed by atoms with Gasteiger partial charge in [-0.15, -0.1) is 0 Å². The number of fused-ring (bicyclic) bond motifs is 1. The van der Waals surface area contributed by atoms with Crippen molar-refractivity contribution >= 4 is 21.6 Å². The van der Waals surface area contributed by atoms with E-state index >= 15 is 0 Å². The van der Waals surface area contributed by atoms with Crippen LogP contribution in [0.1, 0.15) is 0 Å². The maximum atomic E-state index is 11.8. The van der Waals surface area contributed by atoms with Crippen molar-refractivity contribution in [3.05, 3.63) is 34.6 Å². The summed E-state index contributed by atoms with van der Waals surface area (Å²) in [5.41, 5.74) is -0.0771. The largest absolute Gasteiger partial charge is 0.366 e. The SMILES string of the molecule is COC(O)Cn1sc2ccccc2c1=O. The van der Waals surface area contributed by atoms with Crippen LogP contribution in [0.15, 0.2) is 29.1 Å². The summed E-state index contributed by atoms with van der Waals surface area (Å²) in [5.74, 6) is 0. The second-order valence-electron chi connectivity index (χ2n) is 3.14. The van der Waals surface area contributed by atoms with Crippen molar-refractivity contribution in [2.45, 2.75) is 12.8 Å². The Bertz CT molecular complexity index is 517. The smallest absolute Gasteiger partial charge is 0.268 e. The average molecular weight is 225 g/mol. The molecule has 1 N–H and O–H groups in total. The lowest BCUT2D eigenvalue weighted by Gasteiger charge is -2.06. The van der Waals surface area contributed by atoms with Crippen molar-refractivity contribution in [2.75, 3.05) is 7.11 Å². The fourth-order valence-corrected chi connectivity index (χ4v) is 2.37. The lowest BCUT2D eigenvalue weighted by molar-refractivity contribution is -0.0822. The number of ether oxygens (including phenoxy) is 1. The maximum Gasteiger partial charge on any atom is 0.268 e. The minimum absolute atomic E-state index is 0.0771. The summed E-state index contributed by atoms with van der Waals surface area (Å²) in [6.45, 7) is 0.175. The van der Waals surface area contributed by atoms with E-state index in [-0.39, 0.29) is 12.1 Å². The molecule has 1 unspecified atom stereocenters. The lowest BCUT2D eigenvalue weighted by Crippen LogP contribution is -2.23. The molecule has 0 aliphatic rings. The van der Waals surface area contributed by atoms with Gasteiger partial charge in [0.25, 0.3) is 5.56 Å². The van der Waals surface area contributed by atoms with Gasteiger partial charge < -0.3 is 9.84 Å². The molecular weight excluding hydrogens is 214 g/mol. The number of aromatic nitrogens is 1. The monoisotopic (exact) mass is 225 g/mol. The summed E-state index contributed by atoms with van der Waals surface area (Å²) in [7, 11) is 1.41. The van der Waals surface area contributed by atoms with Crippen molar-refractivity contribution in [1.29, 1.82) is 0 Å². The number of nitrogens with zero attached hydrogens (tertiary/aromatic N) is 1. The molecule has 0 saturated heterocycles. The molecule has 0 bridgehead atoms. The van der Waals surface area contributed by atoms with E-state index < -0.39 is 6.29 Å². The first-order chi connectivity index (χ1) is 7.22. The van der Waals surface area contributed by atoms with Gasteiger partial charge in [-0.2, -0.15) is 0 Å². The summed E-state index contributed by atoms with van der Waals surface area (Å²) in [6, 6.07) is 7.38. The Labute approximate surface area is 90.5 Å². The van der Waals surface area contributed by atoms with Gasteiger partial charge in [-0.05, 0) is 12.1 Å². The molecule has 0 fully saturated rings. The molecule has 4 nitrogen and oxygen atoms in total. The molecule has 0 aliphatic heterocycles. The van der Waals surface area contributed by atoms with Gasteiger partial charge in [-0.25, -0.2) is 0 Å². The van der Waals surface area contributed by atoms with Gasteiger partial charge in [0.15, 0.2) is 6.29 Å². The summed E-state index contributed by atoms with van der Waals surface area (Å²) in [6.07, 6.45) is -0.934. The van der Waals surface area contributed by atoms with E-state index in [1.165, 1.54) is 22.6 Å². The van der Waals surface area contributed by atoms with Crippen LogP contribution >= 0.6 is 11.5 Å². The normalized spacial score (nSPS) is 13.2. The second kappa shape index (κ2) is 4.14. The van der Waals surface area contributed by atoms with E-state index in [0.29, 0.717) is 5.39 Å². The second-order valence-corrected chi connectivity index (χ2v) is 4.21. The molecule has 5 heteroatoms. The number of methoxy groups -OCH3 is 1. The third kappa shape index (κ3) is 1.94. The highest BCUT2D eigenvalue weighted by Gasteiger charge is 2.09. The Kier molecular flexibility index (Phi) is 2.86. The highest BCUT2D eigenvalue weighted by atomic mass is 32.1. The highest BCUT2D eigenvalue weighted by Crippen LogP contribution is 2.15. The number of rotatable bonds is 3. The topological polar surface area (TPSA) is 51.5 Å². The number of aliphatic hydroxyl groups excluding tert-OH is 1. The first kappa shape index (κ1) is 10.4. The van der Waals surface area contributed by atoms with Gasteiger partial charge in [0, 0.05) is 7.11 Å². The molecule has 0 amide bonds. The van der Waals surface area contributed by atoms with Crippen molar-refractivity contribution < 1.29 is 9.84 Å². The van der Waals surface area contributed by atoms with Crippen LogP contribution < -0.4 is 5.56 Å². The molecule has 1 atom stereocenters. The molecule has 1 aromatic carbocycles. The summed E-state index contributed by atoms with van der Waals surface area (Å²) >= 11 is 1.33. The van der Waals surface area contributed by atoms with Gasteiger partial charge in [0.1, 0.15) is 0 Å². The van der Waals surface area contributed by atoms with Gasteiger partial charge in [0.2, 0.25) is 0 Å². The summed E-state index contributed by atoms with van der Waals surface area (Å²) < 4.78 is 7.13. The van der Waals surface area contributed by atoms with E-state index in [0.717, 1.165) is 4.70 Å². The van der Waals surface area contributed by atoms with Crippen LogP contribution in [0.25, 0.3) is 10.1 Å². The third-order valence-electron chi connectivity index (χ3n) is 2.15. The Morgan fingerprint density at radius 3 is 2.93 bits per heavy atom. The van der Waals surface area contributed by atoms with Crippen LogP contribution in [0.5, 0.6) is 0 Å². The third-order valence-corrected chi connectivity index (χ3v) is 3.23. The van der Waals surface area contributed by atoms with Gasteiger partial charge in [-0.3, -0.25) is 8.75 Å². The zero-order valence-corrected chi connectivity index (χ0v) is 9.03. The van der Waals surface area contributed by atoms with Crippen LogP contribution in [0.3, 0.4) is 0 Å². The highest BCUT2D eigenvalue weighted by molar-refractivity contribution is 7.13. The number of hydrogen-bond acceptors (Lipinski definition) is 4. The first-order valence-corrected chi connectivity index (χ1v) is 5.29. The predicted molar refractivity (Wildman–Crippen MR) is 59.1 cm³/mol. The zero-order chi connectivity index (χ0) is 10.8. The Balaban J connectivity index is 2.45. The predicted octanol–water partition coefficient (Wildman–Crippen LogP) is 1.03. The van der Waals surface area contributed by atoms with Crippen LogP contribution in [-0.4, -0.2) is 22.5 Å². The Morgan fingerprint density at radius 2 is 2.27 bits per heavy atom. The molecule has 1 aromatic heterocycles. The van der Waals surface area contributed by atoms with E-state index in [4.69, 9.17) is 4.74 Å². The fraction of sp³-hybridized carbons (Fsp3) is 0.300. The summed E-state index contributed by atoms with van der Waals surface area (Å²) in [5, 5.41) is 9.97. The van der Waals surface area contributed by atoms with Gasteiger partial charge in [-0.1, -0.05) is 23.7 Å². The van der Waals surface area contributed by atoms with E-state index in [9.17, 15) is 9.90 Å². The van der Waals surface area contributed by atoms with E-state index in [2.05, 4.69) is 0 Å². The molecule has 15 heavy (non-hydrogen) atoms. The molecule has 0 spiro atoms. The fourth-order valence-electron chi connectivity index (χ4n) is 1.35. The lowest BCUT2D eigenvalue weighted by atomic mass is 10.3. The minimum atomic E-state index is -0.934. The standard InChI is InChI=1S/C10H11NO3S/c1-14-9(12)6-11-10(13)7-4-2-3-5-8(7)15-11/h2-5,9,12H,6H2,1H3. The molecule has 0 radical (unpaired) electrons. The Hall–Kier alpha value is -1.17. The van der Waals surface area contributed by atoms with E-state index in [1.807, 2.05) is 18.2 Å². The quantitative estimate of drug-likeness (QED) is 0.794. The van der Waals surface area contributed by atoms with Gasteiger partial charge >= 0.3 is 0 Å². The first-order valence-electron chi connectivity index (χ1n) is 4.52. The summed E-state index contributed by atoms with van der Waals surface area (Å²) in [4.78, 5) is 11.8. The van der Waals surface area contributed by atoms with Crippen LogP contribution in [0, 0.1) is 0 Å². The molecule has 80 valence electrons. The van der Waals surface area contributed by atoms with Crippen molar-refractivity contribution in [3.63, 3.8) is 0 Å². The molecule has 2 aromatic rings. The van der Waals surface area contributed by atoms with Crippen molar-refractivity contribution in [2.24, 2.45) is 0 Å².